The molecule has 3 aromatic rings. The molecule has 1 heterocycles. The van der Waals surface area contributed by atoms with E-state index >= 15 is 0 Å². The van der Waals surface area contributed by atoms with Crippen LogP contribution in [0.3, 0.4) is 0 Å². The smallest absolute Gasteiger partial charge is 0.368 e. The molecule has 9 heteroatoms. The second-order valence-electron chi connectivity index (χ2n) is 9.16. The predicted molar refractivity (Wildman–Crippen MR) is 139 cm³/mol. The summed E-state index contributed by atoms with van der Waals surface area (Å²) in [6.07, 6.45) is -0.923. The number of benzene rings is 2. The molecule has 0 aliphatic heterocycles. The van der Waals surface area contributed by atoms with Crippen molar-refractivity contribution in [2.45, 2.75) is 25.6 Å². The molecule has 6 nitrogen and oxygen atoms in total. The Labute approximate surface area is 214 Å². The van der Waals surface area contributed by atoms with E-state index in [0.717, 1.165) is 35.7 Å². The average Bonchev–Trinajstić information content (AvgIpc) is 3.70. The number of nitrogens with one attached hydrogen (secondary N) is 3. The zero-order valence-electron chi connectivity index (χ0n) is 20.6. The summed E-state index contributed by atoms with van der Waals surface area (Å²) in [5, 5.41) is 8.92. The number of alkyl halides is 3. The number of hydrogen-bond donors (Lipinski definition) is 3. The van der Waals surface area contributed by atoms with Crippen LogP contribution in [0, 0.1) is 17.8 Å². The Morgan fingerprint density at radius 1 is 0.973 bits per heavy atom. The fourth-order valence-electron chi connectivity index (χ4n) is 3.61. The van der Waals surface area contributed by atoms with Crippen LogP contribution in [-0.2, 0) is 17.5 Å². The summed E-state index contributed by atoms with van der Waals surface area (Å²) < 4.78 is 40.4. The van der Waals surface area contributed by atoms with E-state index in [9.17, 15) is 18.0 Å². The topological polar surface area (TPSA) is 69.3 Å². The lowest BCUT2D eigenvalue weighted by atomic mass is 10.1. The third-order valence-corrected chi connectivity index (χ3v) is 5.69. The zero-order valence-corrected chi connectivity index (χ0v) is 20.6. The fraction of sp³-hybridized carbons (Fsp3) is 0.286. The van der Waals surface area contributed by atoms with Crippen molar-refractivity contribution in [2.24, 2.45) is 5.92 Å². The minimum absolute atomic E-state index is 0.0132. The normalized spacial score (nSPS) is 13.0. The molecule has 4 rings (SSSR count). The molecule has 1 aromatic heterocycles. The number of carbonyl (C=O) groups is 1. The van der Waals surface area contributed by atoms with Crippen LogP contribution < -0.4 is 16.0 Å². The van der Waals surface area contributed by atoms with Gasteiger partial charge in [-0.3, -0.25) is 4.79 Å². The van der Waals surface area contributed by atoms with E-state index in [2.05, 4.69) is 32.8 Å². The molecule has 0 unspecified atom stereocenters. The van der Waals surface area contributed by atoms with E-state index in [1.807, 2.05) is 24.3 Å². The first kappa shape index (κ1) is 26.0. The molecule has 1 saturated carbocycles. The molecule has 1 aliphatic rings. The van der Waals surface area contributed by atoms with Crippen molar-refractivity contribution >= 4 is 23.1 Å². The summed E-state index contributed by atoms with van der Waals surface area (Å²) in [5.74, 6) is 6.76. The van der Waals surface area contributed by atoms with E-state index in [1.54, 1.807) is 43.4 Å². The van der Waals surface area contributed by atoms with Gasteiger partial charge in [0.25, 0.3) is 0 Å². The van der Waals surface area contributed by atoms with Gasteiger partial charge in [0.1, 0.15) is 5.82 Å². The third kappa shape index (κ3) is 7.72. The number of pyridine rings is 1. The van der Waals surface area contributed by atoms with Gasteiger partial charge in [-0.25, -0.2) is 4.98 Å². The quantitative estimate of drug-likeness (QED) is 0.282. The van der Waals surface area contributed by atoms with Gasteiger partial charge in [-0.2, -0.15) is 13.2 Å². The van der Waals surface area contributed by atoms with E-state index in [4.69, 9.17) is 0 Å². The van der Waals surface area contributed by atoms with Crippen LogP contribution in [0.15, 0.2) is 60.8 Å². The van der Waals surface area contributed by atoms with Gasteiger partial charge >= 0.3 is 6.18 Å². The molecule has 37 heavy (non-hydrogen) atoms. The molecule has 1 aliphatic carbocycles. The summed E-state index contributed by atoms with van der Waals surface area (Å²) >= 11 is 0. The highest BCUT2D eigenvalue weighted by atomic mass is 19.4. The second kappa shape index (κ2) is 11.4. The van der Waals surface area contributed by atoms with Crippen LogP contribution in [0.5, 0.6) is 0 Å². The lowest BCUT2D eigenvalue weighted by molar-refractivity contribution is -0.138. The minimum atomic E-state index is -4.42. The van der Waals surface area contributed by atoms with Crippen LogP contribution in [-0.4, -0.2) is 36.6 Å². The second-order valence-corrected chi connectivity index (χ2v) is 9.16. The molecule has 0 saturated heterocycles. The summed E-state index contributed by atoms with van der Waals surface area (Å²) in [6.45, 7) is 0.466. The van der Waals surface area contributed by atoms with Gasteiger partial charge in [0.15, 0.2) is 0 Å². The molecule has 0 spiro atoms. The Morgan fingerprint density at radius 3 is 2.24 bits per heavy atom. The Kier molecular flexibility index (Phi) is 7.99. The highest BCUT2D eigenvalue weighted by Gasteiger charge is 2.33. The predicted octanol–water partition coefficient (Wildman–Crippen LogP) is 5.39. The van der Waals surface area contributed by atoms with Crippen LogP contribution in [0.2, 0.25) is 0 Å². The van der Waals surface area contributed by atoms with E-state index in [1.165, 1.54) is 6.07 Å². The summed E-state index contributed by atoms with van der Waals surface area (Å²) in [4.78, 5) is 17.7. The number of nitrogens with zero attached hydrogens (tertiary/aromatic N) is 2. The van der Waals surface area contributed by atoms with Crippen molar-refractivity contribution in [3.05, 3.63) is 83.0 Å². The minimum Gasteiger partial charge on any atom is -0.368 e. The maximum atomic E-state index is 13.5. The summed E-state index contributed by atoms with van der Waals surface area (Å²) in [5.41, 5.74) is 2.32. The molecule has 0 atom stereocenters. The van der Waals surface area contributed by atoms with Crippen LogP contribution in [0.25, 0.3) is 0 Å². The Bertz CT molecular complexity index is 1290. The highest BCUT2D eigenvalue weighted by molar-refractivity contribution is 5.93. The molecular formula is C28H28F3N5O. The van der Waals surface area contributed by atoms with Gasteiger partial charge in [-0.15, -0.1) is 0 Å². The van der Waals surface area contributed by atoms with Crippen molar-refractivity contribution in [3.8, 4) is 11.8 Å². The van der Waals surface area contributed by atoms with Gasteiger partial charge in [0.2, 0.25) is 5.91 Å². The lowest BCUT2D eigenvalue weighted by Gasteiger charge is -2.18. The molecule has 0 bridgehead atoms. The summed E-state index contributed by atoms with van der Waals surface area (Å²) in [7, 11) is 3.47. The number of hydrogen-bond acceptors (Lipinski definition) is 5. The lowest BCUT2D eigenvalue weighted by Crippen LogP contribution is -2.17. The number of carbonyl (C=O) groups excluding carboxylic acids is 1. The maximum Gasteiger partial charge on any atom is 0.416 e. The number of anilines is 3. The van der Waals surface area contributed by atoms with Gasteiger partial charge in [-0.05, 0) is 81.0 Å². The first-order valence-corrected chi connectivity index (χ1v) is 11.9. The average molecular weight is 508 g/mol. The number of halogens is 3. The van der Waals surface area contributed by atoms with Crippen LogP contribution in [0.4, 0.5) is 30.4 Å². The van der Waals surface area contributed by atoms with Crippen molar-refractivity contribution < 1.29 is 18.0 Å². The van der Waals surface area contributed by atoms with Gasteiger partial charge in [0, 0.05) is 41.2 Å². The number of amides is 1. The largest absolute Gasteiger partial charge is 0.416 e. The van der Waals surface area contributed by atoms with Crippen LogP contribution >= 0.6 is 0 Å². The molecule has 1 fully saturated rings. The first-order valence-electron chi connectivity index (χ1n) is 11.9. The Balaban J connectivity index is 1.29. The van der Waals surface area contributed by atoms with Crippen molar-refractivity contribution in [1.82, 2.24) is 9.88 Å². The molecular weight excluding hydrogens is 479 g/mol. The van der Waals surface area contributed by atoms with Crippen molar-refractivity contribution in [2.75, 3.05) is 36.7 Å². The molecule has 3 N–H and O–H groups in total. The van der Waals surface area contributed by atoms with E-state index in [0.29, 0.717) is 11.5 Å². The van der Waals surface area contributed by atoms with Crippen LogP contribution in [0.1, 0.15) is 35.1 Å². The number of rotatable bonds is 8. The molecule has 0 radical (unpaired) electrons. The molecule has 192 valence electrons. The number of aromatic nitrogens is 1. The SMILES string of the molecule is CN(C)Cc1ccc(NCNc2ccc(C#Cc3ccc(NC(=O)C4CC4)nc3)cc2)cc1C(F)(F)F. The Hall–Kier alpha value is -4.03. The fourth-order valence-corrected chi connectivity index (χ4v) is 3.61. The van der Waals surface area contributed by atoms with Gasteiger partial charge in [-0.1, -0.05) is 17.9 Å². The van der Waals surface area contributed by atoms with Gasteiger partial charge in [0.05, 0.1) is 12.2 Å². The van der Waals surface area contributed by atoms with Crippen molar-refractivity contribution in [3.63, 3.8) is 0 Å². The van der Waals surface area contributed by atoms with Gasteiger partial charge < -0.3 is 20.9 Å². The van der Waals surface area contributed by atoms with E-state index < -0.39 is 11.7 Å². The monoisotopic (exact) mass is 507 g/mol. The highest BCUT2D eigenvalue weighted by Crippen LogP contribution is 2.34. The summed E-state index contributed by atoms with van der Waals surface area (Å²) in [6, 6.07) is 15.2. The zero-order chi connectivity index (χ0) is 26.4. The third-order valence-electron chi connectivity index (χ3n) is 5.69. The standard InChI is InChI=1S/C28H28F3N5O/c1-36(2)17-22-10-13-24(15-25(22)28(29,30)31)34-18-33-23-11-5-19(6-12-23)3-4-20-7-14-26(32-16-20)35-27(37)21-8-9-21/h5-7,10-16,21,33-34H,8-9,17-18H2,1-2H3,(H,32,35,37). The molecule has 2 aromatic carbocycles. The van der Waals surface area contributed by atoms with E-state index in [-0.39, 0.29) is 30.6 Å². The Morgan fingerprint density at radius 2 is 1.62 bits per heavy atom. The first-order chi connectivity index (χ1) is 17.7. The molecule has 1 amide bonds. The van der Waals surface area contributed by atoms with Crippen molar-refractivity contribution in [1.29, 1.82) is 0 Å². The maximum absolute atomic E-state index is 13.5.